The van der Waals surface area contributed by atoms with Crippen molar-refractivity contribution < 1.29 is 48.4 Å². The molecule has 3 rings (SSSR count). The van der Waals surface area contributed by atoms with Crippen LogP contribution in [0, 0.1) is 5.92 Å². The van der Waals surface area contributed by atoms with Crippen molar-refractivity contribution in [3.05, 3.63) is 58.1 Å². The van der Waals surface area contributed by atoms with E-state index in [2.05, 4.69) is 27.5 Å². The fourth-order valence-electron chi connectivity index (χ4n) is 7.10. The average molecular weight is 887 g/mol. The number of ether oxygens (including phenoxy) is 3. The number of carbonyl (C=O) groups is 5. The van der Waals surface area contributed by atoms with Crippen LogP contribution in [0.3, 0.4) is 0 Å². The van der Waals surface area contributed by atoms with Gasteiger partial charge in [0.05, 0.1) is 51.5 Å². The predicted molar refractivity (Wildman–Crippen MR) is 239 cm³/mol. The Morgan fingerprint density at radius 2 is 1.63 bits per heavy atom. The second-order valence-corrected chi connectivity index (χ2v) is 16.9. The van der Waals surface area contributed by atoms with Gasteiger partial charge >= 0.3 is 5.97 Å². The number of aliphatic hydroxyl groups excluding tert-OH is 1. The molecule has 17 heteroatoms. The molecule has 0 bridgehead atoms. The van der Waals surface area contributed by atoms with E-state index in [1.807, 2.05) is 39.6 Å². The van der Waals surface area contributed by atoms with Crippen molar-refractivity contribution in [2.24, 2.45) is 5.92 Å². The summed E-state index contributed by atoms with van der Waals surface area (Å²) in [7, 11) is 1.93. The lowest BCUT2D eigenvalue weighted by Crippen LogP contribution is -2.58. The number of carboxylic acid groups (broad SMARTS) is 1. The Morgan fingerprint density at radius 3 is 2.23 bits per heavy atom. The zero-order chi connectivity index (χ0) is 45.6. The predicted octanol–water partition coefficient (Wildman–Crippen LogP) is 4.98. The summed E-state index contributed by atoms with van der Waals surface area (Å²) in [5.74, 6) is -2.76. The Labute approximate surface area is 371 Å². The normalized spacial score (nSPS) is 16.7. The van der Waals surface area contributed by atoms with Crippen molar-refractivity contribution in [3.8, 4) is 0 Å². The molecular weight excluding hydrogens is 817 g/mol. The number of thiazole rings is 1. The molecule has 2 heterocycles. The van der Waals surface area contributed by atoms with E-state index in [4.69, 9.17) is 14.2 Å². The van der Waals surface area contributed by atoms with E-state index in [-0.39, 0.29) is 66.3 Å². The van der Waals surface area contributed by atoms with Crippen molar-refractivity contribution >= 4 is 46.6 Å². The number of aromatic nitrogens is 1. The molecule has 5 N–H and O–H groups in total. The Morgan fingerprint density at radius 1 is 0.968 bits per heavy atom. The van der Waals surface area contributed by atoms with Crippen LogP contribution < -0.4 is 16.0 Å². The number of anilines is 1. The number of benzene rings is 1. The van der Waals surface area contributed by atoms with E-state index in [0.717, 1.165) is 43.6 Å². The monoisotopic (exact) mass is 886 g/mol. The molecule has 16 nitrogen and oxygen atoms in total. The topological polar surface area (TPSA) is 209 Å². The maximum Gasteiger partial charge on any atom is 0.326 e. The number of rotatable bonds is 29. The highest BCUT2D eigenvalue weighted by atomic mass is 32.1. The quantitative estimate of drug-likeness (QED) is 0.0542. The molecule has 6 atom stereocenters. The molecule has 4 amide bonds. The molecule has 6 unspecified atom stereocenters. The van der Waals surface area contributed by atoms with Crippen molar-refractivity contribution in [2.75, 3.05) is 65.1 Å². The first kappa shape index (κ1) is 52.1. The van der Waals surface area contributed by atoms with E-state index < -0.39 is 36.1 Å². The van der Waals surface area contributed by atoms with Gasteiger partial charge in [0, 0.05) is 37.1 Å². The molecule has 346 valence electrons. The van der Waals surface area contributed by atoms with Crippen LogP contribution in [0.2, 0.25) is 0 Å². The molecule has 1 aliphatic heterocycles. The van der Waals surface area contributed by atoms with Gasteiger partial charge < -0.3 is 45.3 Å². The Balaban J connectivity index is 1.57. The third kappa shape index (κ3) is 17.1. The van der Waals surface area contributed by atoms with Gasteiger partial charge in [-0.05, 0) is 69.8 Å². The number of aliphatic hydroxyl groups is 1. The van der Waals surface area contributed by atoms with Gasteiger partial charge in [0.2, 0.25) is 17.7 Å². The summed E-state index contributed by atoms with van der Waals surface area (Å²) in [5, 5.41) is 31.5. The lowest BCUT2D eigenvalue weighted by molar-refractivity contribution is -0.141. The molecule has 1 aromatic heterocycles. The molecule has 1 aromatic carbocycles. The van der Waals surface area contributed by atoms with Gasteiger partial charge in [-0.15, -0.1) is 11.3 Å². The molecule has 62 heavy (non-hydrogen) atoms. The molecule has 0 saturated carbocycles. The second-order valence-electron chi connectivity index (χ2n) is 16.0. The first-order valence-corrected chi connectivity index (χ1v) is 22.8. The number of nitrogens with one attached hydrogen (secondary N) is 3. The first-order valence-electron chi connectivity index (χ1n) is 22.0. The van der Waals surface area contributed by atoms with Crippen LogP contribution >= 0.6 is 11.3 Å². The van der Waals surface area contributed by atoms with Crippen LogP contribution in [0.15, 0.2) is 41.8 Å². The first-order chi connectivity index (χ1) is 29.7. The van der Waals surface area contributed by atoms with E-state index in [0.29, 0.717) is 69.2 Å². The van der Waals surface area contributed by atoms with Crippen LogP contribution in [-0.2, 0) is 39.8 Å². The van der Waals surface area contributed by atoms with E-state index >= 15 is 0 Å². The third-order valence-corrected chi connectivity index (χ3v) is 11.8. The molecule has 0 aliphatic carbocycles. The Kier molecular flexibility index (Phi) is 23.3. The maximum absolute atomic E-state index is 14.4. The zero-order valence-electron chi connectivity index (χ0n) is 37.5. The molecule has 1 aliphatic rings. The van der Waals surface area contributed by atoms with Gasteiger partial charge in [0.25, 0.3) is 5.91 Å². The minimum Gasteiger partial charge on any atom is -0.480 e. The molecule has 0 radical (unpaired) electrons. The van der Waals surface area contributed by atoms with Crippen LogP contribution in [0.4, 0.5) is 5.69 Å². The minimum atomic E-state index is -1.29. The van der Waals surface area contributed by atoms with Crippen LogP contribution in [0.5, 0.6) is 0 Å². The fraction of sp³-hybridized carbons (Fsp3) is 0.644. The third-order valence-electron chi connectivity index (χ3n) is 10.9. The van der Waals surface area contributed by atoms with Crippen molar-refractivity contribution in [1.29, 1.82) is 0 Å². The van der Waals surface area contributed by atoms with E-state index in [1.54, 1.807) is 36.1 Å². The van der Waals surface area contributed by atoms with Crippen molar-refractivity contribution in [3.63, 3.8) is 0 Å². The number of hydrogen-bond acceptors (Lipinski definition) is 12. The summed E-state index contributed by atoms with van der Waals surface area (Å²) in [4.78, 5) is 73.9. The van der Waals surface area contributed by atoms with Crippen LogP contribution in [0.25, 0.3) is 0 Å². The maximum atomic E-state index is 14.4. The summed E-state index contributed by atoms with van der Waals surface area (Å²) >= 11 is 1.05. The van der Waals surface area contributed by atoms with E-state index in [1.165, 1.54) is 5.38 Å². The number of aliphatic carboxylic acids is 1. The molecule has 1 fully saturated rings. The zero-order valence-corrected chi connectivity index (χ0v) is 38.3. The van der Waals surface area contributed by atoms with Crippen molar-refractivity contribution in [2.45, 2.75) is 123 Å². The lowest BCUT2D eigenvalue weighted by atomic mass is 9.93. The molecule has 1 saturated heterocycles. The summed E-state index contributed by atoms with van der Waals surface area (Å²) in [5.41, 5.74) is 1.73. The highest BCUT2D eigenvalue weighted by Crippen LogP contribution is 2.28. The van der Waals surface area contributed by atoms with Gasteiger partial charge in [-0.3, -0.25) is 24.1 Å². The van der Waals surface area contributed by atoms with Crippen LogP contribution in [0.1, 0.15) is 113 Å². The smallest absolute Gasteiger partial charge is 0.326 e. The lowest BCUT2D eigenvalue weighted by Gasteiger charge is -2.38. The summed E-state index contributed by atoms with van der Waals surface area (Å²) < 4.78 is 16.2. The largest absolute Gasteiger partial charge is 0.480 e. The van der Waals surface area contributed by atoms with Gasteiger partial charge in [0.15, 0.2) is 0 Å². The number of carboxylic acids is 1. The number of carbonyl (C=O) groups excluding carboxylic acids is 4. The molecule has 2 aromatic rings. The number of likely N-dealkylation sites (tertiary alicyclic amines) is 1. The van der Waals surface area contributed by atoms with Gasteiger partial charge in [-0.25, -0.2) is 9.78 Å². The highest BCUT2D eigenvalue weighted by molar-refractivity contribution is 7.09. The number of amides is 4. The van der Waals surface area contributed by atoms with Gasteiger partial charge in [-0.2, -0.15) is 0 Å². The summed E-state index contributed by atoms with van der Waals surface area (Å²) in [6, 6.07) is 3.70. The SMILES string of the molecule is C=C(C)C(CC(O)c1nc(C(=O)NC(Cc2ccc(NC(=O)CCOCCOCCOCCC)cc2)C(=O)O)cs1)N(CCC)C(=O)C(NC(=O)C1CCCCN1C)C(C)CC. The molecular formula is C45H70N6O10S. The summed E-state index contributed by atoms with van der Waals surface area (Å²) in [6.45, 7) is 17.8. The molecule has 0 spiro atoms. The second kappa shape index (κ2) is 27.7. The van der Waals surface area contributed by atoms with Crippen molar-refractivity contribution in [1.82, 2.24) is 25.4 Å². The number of likely N-dealkylation sites (N-methyl/N-ethyl adjacent to an activating group) is 1. The number of nitrogens with zero attached hydrogens (tertiary/aromatic N) is 3. The Bertz CT molecular complexity index is 1720. The number of hydrogen-bond donors (Lipinski definition) is 5. The van der Waals surface area contributed by atoms with Gasteiger partial charge in [0.1, 0.15) is 28.9 Å². The average Bonchev–Trinajstić information content (AvgIpc) is 3.75. The minimum absolute atomic E-state index is 0.0351. The summed E-state index contributed by atoms with van der Waals surface area (Å²) in [6.07, 6.45) is 3.96. The van der Waals surface area contributed by atoms with E-state index in [9.17, 15) is 34.2 Å². The standard InChI is InChI=1S/C45H70N6O10S/c1-8-19-51(44(56)40(31(6)10-3)49-42(55)36-13-11-12-20-50(36)7)37(30(4)5)28-38(52)43-48-35(29-62-43)41(54)47-34(45(57)58)27-32-14-16-33(17-15-32)46-39(53)18-22-60-24-26-61-25-23-59-21-9-2/h14-17,29,31,34,36-38,40,52H,4,8-13,18-28H2,1-3,5-7H3,(H,46,53)(H,47,54)(H,49,55)(H,57,58). The fourth-order valence-corrected chi connectivity index (χ4v) is 7.89. The number of piperidine rings is 1. The van der Waals surface area contributed by atoms with Gasteiger partial charge in [-0.1, -0.05) is 64.8 Å². The Hall–Kier alpha value is -4.26. The highest BCUT2D eigenvalue weighted by Gasteiger charge is 2.37. The van der Waals surface area contributed by atoms with Crippen LogP contribution in [-0.4, -0.2) is 139 Å².